The van der Waals surface area contributed by atoms with Crippen molar-refractivity contribution < 1.29 is 4.79 Å². The van der Waals surface area contributed by atoms with Gasteiger partial charge in [0.2, 0.25) is 0 Å². The van der Waals surface area contributed by atoms with Gasteiger partial charge in [0.05, 0.1) is 11.4 Å². The van der Waals surface area contributed by atoms with Crippen LogP contribution in [-0.4, -0.2) is 21.8 Å². The molecule has 106 valence electrons. The molecule has 2 heterocycles. The summed E-state index contributed by atoms with van der Waals surface area (Å²) in [5, 5.41) is 9.92. The van der Waals surface area contributed by atoms with Crippen LogP contribution in [0.2, 0.25) is 0 Å². The Balaban J connectivity index is 1.72. The van der Waals surface area contributed by atoms with Crippen molar-refractivity contribution in [3.63, 3.8) is 0 Å². The van der Waals surface area contributed by atoms with Gasteiger partial charge in [0.25, 0.3) is 5.91 Å². The second-order valence-corrected chi connectivity index (χ2v) is 4.97. The van der Waals surface area contributed by atoms with Crippen LogP contribution in [0.3, 0.4) is 0 Å². The maximum atomic E-state index is 12.0. The van der Waals surface area contributed by atoms with Crippen LogP contribution in [0.25, 0.3) is 11.3 Å². The Labute approximate surface area is 126 Å². The van der Waals surface area contributed by atoms with E-state index in [-0.39, 0.29) is 5.91 Å². The van der Waals surface area contributed by atoms with E-state index >= 15 is 0 Å². The van der Waals surface area contributed by atoms with Gasteiger partial charge in [-0.2, -0.15) is 5.10 Å². The van der Waals surface area contributed by atoms with Gasteiger partial charge in [-0.15, -0.1) is 0 Å². The number of nitrogens with one attached hydrogen (secondary N) is 2. The zero-order valence-electron chi connectivity index (χ0n) is 11.6. The number of aliphatic imine (C=N–C) groups is 1. The highest BCUT2D eigenvalue weighted by Crippen LogP contribution is 2.26. The number of rotatable bonds is 2. The molecule has 0 saturated heterocycles. The summed E-state index contributed by atoms with van der Waals surface area (Å²) < 4.78 is 0. The lowest BCUT2D eigenvalue weighted by Crippen LogP contribution is -2.13. The average Bonchev–Trinajstić information content (AvgIpc) is 3.14. The fraction of sp³-hybridized carbons (Fsp3) is 0. The number of carbonyl (C=O) groups is 1. The Bertz CT molecular complexity index is 880. The molecular formula is C17H12N4O. The summed E-state index contributed by atoms with van der Waals surface area (Å²) in [7, 11) is 0. The molecule has 0 atom stereocenters. The molecule has 22 heavy (non-hydrogen) atoms. The van der Waals surface area contributed by atoms with Crippen molar-refractivity contribution in [1.82, 2.24) is 10.2 Å². The largest absolute Gasteiger partial charge is 0.320 e. The van der Waals surface area contributed by atoms with Crippen molar-refractivity contribution in [3.05, 3.63) is 66.2 Å². The number of benzene rings is 2. The molecule has 1 aromatic heterocycles. The molecule has 0 unspecified atom stereocenters. The van der Waals surface area contributed by atoms with E-state index in [1.54, 1.807) is 0 Å². The van der Waals surface area contributed by atoms with E-state index in [0.717, 1.165) is 22.5 Å². The highest BCUT2D eigenvalue weighted by molar-refractivity contribution is 6.54. The van der Waals surface area contributed by atoms with Crippen molar-refractivity contribution in [2.75, 3.05) is 5.32 Å². The number of para-hydroxylation sites is 1. The van der Waals surface area contributed by atoms with Crippen LogP contribution >= 0.6 is 0 Å². The van der Waals surface area contributed by atoms with Gasteiger partial charge in [-0.3, -0.25) is 9.89 Å². The molecular weight excluding hydrogens is 276 g/mol. The molecule has 5 heteroatoms. The van der Waals surface area contributed by atoms with Crippen LogP contribution < -0.4 is 5.32 Å². The van der Waals surface area contributed by atoms with E-state index in [1.807, 2.05) is 60.7 Å². The average molecular weight is 288 g/mol. The van der Waals surface area contributed by atoms with E-state index in [9.17, 15) is 4.79 Å². The number of aromatic nitrogens is 2. The second kappa shape index (κ2) is 4.96. The van der Waals surface area contributed by atoms with Gasteiger partial charge in [-0.25, -0.2) is 4.99 Å². The third kappa shape index (κ3) is 2.09. The van der Waals surface area contributed by atoms with E-state index in [2.05, 4.69) is 20.5 Å². The first-order valence-corrected chi connectivity index (χ1v) is 6.91. The first-order chi connectivity index (χ1) is 10.8. The minimum Gasteiger partial charge on any atom is -0.320 e. The number of aromatic amines is 1. The monoisotopic (exact) mass is 288 g/mol. The van der Waals surface area contributed by atoms with Gasteiger partial charge < -0.3 is 5.32 Å². The van der Waals surface area contributed by atoms with Gasteiger partial charge in [0.15, 0.2) is 5.82 Å². The molecule has 0 bridgehead atoms. The Hall–Kier alpha value is -3.21. The smallest absolute Gasteiger partial charge is 0.275 e. The van der Waals surface area contributed by atoms with Crippen LogP contribution in [0.4, 0.5) is 11.5 Å². The molecule has 5 nitrogen and oxygen atoms in total. The summed E-state index contributed by atoms with van der Waals surface area (Å²) in [5.74, 6) is 0.283. The molecule has 1 amide bonds. The Morgan fingerprint density at radius 1 is 0.955 bits per heavy atom. The zero-order valence-corrected chi connectivity index (χ0v) is 11.6. The number of hydrogen-bond acceptors (Lipinski definition) is 3. The van der Waals surface area contributed by atoms with Crippen molar-refractivity contribution in [1.29, 1.82) is 0 Å². The predicted octanol–water partition coefficient (Wildman–Crippen LogP) is 3.15. The van der Waals surface area contributed by atoms with Crippen molar-refractivity contribution in [2.24, 2.45) is 4.99 Å². The lowest BCUT2D eigenvalue weighted by molar-refractivity contribution is -0.110. The van der Waals surface area contributed by atoms with Crippen LogP contribution in [0.1, 0.15) is 5.56 Å². The number of carbonyl (C=O) groups excluding carboxylic acids is 1. The molecule has 0 spiro atoms. The standard InChI is InChI=1S/C17H12N4O/c22-17-16(12-8-4-5-9-13(12)18-17)19-15-10-14(20-21-15)11-6-2-1-3-7-11/h1-10H,(H2,18,19,20,21,22). The lowest BCUT2D eigenvalue weighted by atomic mass is 10.1. The number of amides is 1. The van der Waals surface area contributed by atoms with E-state index < -0.39 is 0 Å². The van der Waals surface area contributed by atoms with Crippen LogP contribution in [0.5, 0.6) is 0 Å². The number of anilines is 1. The summed E-state index contributed by atoms with van der Waals surface area (Å²) in [6, 6.07) is 19.2. The number of hydrogen-bond donors (Lipinski definition) is 2. The van der Waals surface area contributed by atoms with E-state index in [0.29, 0.717) is 11.5 Å². The summed E-state index contributed by atoms with van der Waals surface area (Å²) in [5.41, 5.74) is 3.87. The molecule has 0 saturated carbocycles. The Kier molecular flexibility index (Phi) is 2.83. The summed E-state index contributed by atoms with van der Waals surface area (Å²) >= 11 is 0. The highest BCUT2D eigenvalue weighted by Gasteiger charge is 2.25. The first kappa shape index (κ1) is 12.5. The van der Waals surface area contributed by atoms with Crippen LogP contribution in [0, 0.1) is 0 Å². The number of fused-ring (bicyclic) bond motifs is 1. The Morgan fingerprint density at radius 2 is 1.73 bits per heavy atom. The SMILES string of the molecule is O=C1Nc2ccccc2C1=Nc1cc(-c2ccccc2)[nH]n1. The van der Waals surface area contributed by atoms with Crippen molar-refractivity contribution in [3.8, 4) is 11.3 Å². The van der Waals surface area contributed by atoms with Crippen LogP contribution in [-0.2, 0) is 4.79 Å². The second-order valence-electron chi connectivity index (χ2n) is 4.97. The first-order valence-electron chi connectivity index (χ1n) is 6.91. The van der Waals surface area contributed by atoms with Crippen LogP contribution in [0.15, 0.2) is 65.7 Å². The molecule has 2 aromatic carbocycles. The molecule has 0 aliphatic carbocycles. The molecule has 0 radical (unpaired) electrons. The zero-order chi connectivity index (χ0) is 14.9. The molecule has 0 fully saturated rings. The van der Waals surface area contributed by atoms with E-state index in [1.165, 1.54) is 0 Å². The molecule has 1 aliphatic heterocycles. The maximum absolute atomic E-state index is 12.0. The molecule has 1 aliphatic rings. The fourth-order valence-corrected chi connectivity index (χ4v) is 2.46. The third-order valence-corrected chi connectivity index (χ3v) is 3.52. The third-order valence-electron chi connectivity index (χ3n) is 3.52. The van der Waals surface area contributed by atoms with Crippen molar-refractivity contribution in [2.45, 2.75) is 0 Å². The summed E-state index contributed by atoms with van der Waals surface area (Å²) in [4.78, 5) is 16.4. The lowest BCUT2D eigenvalue weighted by Gasteiger charge is -1.95. The van der Waals surface area contributed by atoms with E-state index in [4.69, 9.17) is 0 Å². The quantitative estimate of drug-likeness (QED) is 0.760. The van der Waals surface area contributed by atoms with Gasteiger partial charge in [0.1, 0.15) is 5.71 Å². The predicted molar refractivity (Wildman–Crippen MR) is 85.3 cm³/mol. The van der Waals surface area contributed by atoms with Gasteiger partial charge in [0, 0.05) is 11.6 Å². The summed E-state index contributed by atoms with van der Waals surface area (Å²) in [6.07, 6.45) is 0. The Morgan fingerprint density at radius 3 is 2.59 bits per heavy atom. The minimum atomic E-state index is -0.203. The molecule has 3 aromatic rings. The number of H-pyrrole nitrogens is 1. The highest BCUT2D eigenvalue weighted by atomic mass is 16.2. The topological polar surface area (TPSA) is 70.1 Å². The summed E-state index contributed by atoms with van der Waals surface area (Å²) in [6.45, 7) is 0. The molecule has 4 rings (SSSR count). The normalized spacial score (nSPS) is 14.9. The molecule has 2 N–H and O–H groups in total. The van der Waals surface area contributed by atoms with Crippen molar-refractivity contribution >= 4 is 23.1 Å². The maximum Gasteiger partial charge on any atom is 0.275 e. The minimum absolute atomic E-state index is 0.203. The fourth-order valence-electron chi connectivity index (χ4n) is 2.46. The number of nitrogens with zero attached hydrogens (tertiary/aromatic N) is 2. The van der Waals surface area contributed by atoms with Gasteiger partial charge in [-0.05, 0) is 11.6 Å². The van der Waals surface area contributed by atoms with Gasteiger partial charge >= 0.3 is 0 Å². The van der Waals surface area contributed by atoms with Gasteiger partial charge in [-0.1, -0.05) is 48.5 Å².